The zero-order valence-electron chi connectivity index (χ0n) is 54.4. The first-order valence-electron chi connectivity index (χ1n) is 34.3. The summed E-state index contributed by atoms with van der Waals surface area (Å²) in [7, 11) is 0. The molecular formula is C96H60N2O2. The van der Waals surface area contributed by atoms with Crippen molar-refractivity contribution < 1.29 is 8.83 Å². The van der Waals surface area contributed by atoms with Crippen LogP contribution in [0.4, 0.5) is 34.1 Å². The number of para-hydroxylation sites is 4. The van der Waals surface area contributed by atoms with E-state index in [2.05, 4.69) is 368 Å². The molecule has 2 heterocycles. The van der Waals surface area contributed by atoms with Gasteiger partial charge in [0.25, 0.3) is 0 Å². The molecule has 18 aromatic carbocycles. The highest BCUT2D eigenvalue weighted by molar-refractivity contribution is 6.19. The van der Waals surface area contributed by atoms with Crippen molar-refractivity contribution in [1.29, 1.82) is 0 Å². The van der Waals surface area contributed by atoms with Crippen molar-refractivity contribution in [2.75, 3.05) is 9.80 Å². The van der Waals surface area contributed by atoms with Gasteiger partial charge in [0.05, 0.1) is 17.1 Å². The summed E-state index contributed by atoms with van der Waals surface area (Å²) in [5.74, 6) is 0. The topological polar surface area (TPSA) is 32.8 Å². The summed E-state index contributed by atoms with van der Waals surface area (Å²) >= 11 is 0. The van der Waals surface area contributed by atoms with E-state index in [4.69, 9.17) is 8.83 Å². The summed E-state index contributed by atoms with van der Waals surface area (Å²) in [6.45, 7) is 0. The van der Waals surface area contributed by atoms with Crippen LogP contribution in [0.2, 0.25) is 0 Å². The number of fused-ring (bicyclic) bond motifs is 14. The molecule has 0 saturated carbocycles. The molecule has 0 aliphatic heterocycles. The second kappa shape index (κ2) is 23.2. The highest BCUT2D eigenvalue weighted by atomic mass is 16.3. The van der Waals surface area contributed by atoms with Gasteiger partial charge in [-0.2, -0.15) is 0 Å². The van der Waals surface area contributed by atoms with Crippen LogP contribution in [0.25, 0.3) is 164 Å². The Hall–Kier alpha value is -13.3. The molecule has 2 aromatic heterocycles. The van der Waals surface area contributed by atoms with Crippen molar-refractivity contribution in [1.82, 2.24) is 0 Å². The molecule has 466 valence electrons. The first kappa shape index (κ1) is 57.0. The van der Waals surface area contributed by atoms with Gasteiger partial charge in [-0.25, -0.2) is 0 Å². The summed E-state index contributed by atoms with van der Waals surface area (Å²) in [6.07, 6.45) is 0. The van der Waals surface area contributed by atoms with Gasteiger partial charge in [-0.15, -0.1) is 0 Å². The lowest BCUT2D eigenvalue weighted by molar-refractivity contribution is 0.668. The average Bonchev–Trinajstić information content (AvgIpc) is 1.18. The van der Waals surface area contributed by atoms with Crippen LogP contribution in [0.5, 0.6) is 0 Å². The summed E-state index contributed by atoms with van der Waals surface area (Å²) in [4.78, 5) is 4.84. The third-order valence-electron chi connectivity index (χ3n) is 20.5. The molecule has 100 heavy (non-hydrogen) atoms. The molecule has 4 heteroatoms. The van der Waals surface area contributed by atoms with Gasteiger partial charge < -0.3 is 18.6 Å². The lowest BCUT2D eigenvalue weighted by atomic mass is 9.90. The maximum atomic E-state index is 6.99. The van der Waals surface area contributed by atoms with Crippen molar-refractivity contribution in [2.24, 2.45) is 0 Å². The molecule has 4 nitrogen and oxygen atoms in total. The van der Waals surface area contributed by atoms with Gasteiger partial charge in [0.15, 0.2) is 5.58 Å². The first-order chi connectivity index (χ1) is 49.5. The Morgan fingerprint density at radius 3 is 1.27 bits per heavy atom. The average molecular weight is 1270 g/mol. The second-order valence-corrected chi connectivity index (χ2v) is 26.3. The van der Waals surface area contributed by atoms with Gasteiger partial charge >= 0.3 is 0 Å². The number of nitrogens with zero attached hydrogens (tertiary/aromatic N) is 2. The van der Waals surface area contributed by atoms with Crippen LogP contribution in [0.3, 0.4) is 0 Å². The molecule has 0 atom stereocenters. The van der Waals surface area contributed by atoms with Crippen molar-refractivity contribution >= 4 is 143 Å². The molecule has 0 fully saturated rings. The number of hydrogen-bond acceptors (Lipinski definition) is 4. The highest BCUT2D eigenvalue weighted by Gasteiger charge is 2.26. The standard InChI is InChI=1S/C96H60N2O2/c1-3-22-63-52-67(44-42-61(63)20-1)65-26-17-28-73(54-65)97(90-38-14-11-34-81(90)86-57-71-24-5-7-30-76(71)78-32-9-10-33-79(78)86)75-48-51-94-89(60-75)84-50-47-70(59-95(84)99-94)69-46-49-80-77-31-8-6-25-72(77)58-88(87(80)56-69)82-35-12-15-39-91(82)98(92-40-19-37-85-83-36-13-16-41-93(83)100-96(85)92)74-29-18-27-66(55-74)68-45-43-62-21-2-4-23-64(62)53-68/h1-60H. The van der Waals surface area contributed by atoms with Gasteiger partial charge in [-0.1, -0.05) is 255 Å². The fourth-order valence-corrected chi connectivity index (χ4v) is 15.8. The maximum Gasteiger partial charge on any atom is 0.159 e. The zero-order chi connectivity index (χ0) is 65.8. The van der Waals surface area contributed by atoms with Gasteiger partial charge in [0.1, 0.15) is 16.7 Å². The van der Waals surface area contributed by atoms with Gasteiger partial charge in [-0.05, 0) is 218 Å². The quantitative estimate of drug-likeness (QED) is 0.121. The lowest BCUT2D eigenvalue weighted by Crippen LogP contribution is -2.11. The summed E-state index contributed by atoms with van der Waals surface area (Å²) < 4.78 is 13.9. The number of furan rings is 2. The molecule has 20 aromatic rings. The molecule has 0 N–H and O–H groups in total. The smallest absolute Gasteiger partial charge is 0.159 e. The van der Waals surface area contributed by atoms with E-state index in [0.29, 0.717) is 0 Å². The van der Waals surface area contributed by atoms with E-state index in [9.17, 15) is 0 Å². The van der Waals surface area contributed by atoms with E-state index in [0.717, 1.165) is 133 Å². The van der Waals surface area contributed by atoms with Crippen molar-refractivity contribution in [3.05, 3.63) is 364 Å². The van der Waals surface area contributed by atoms with Crippen molar-refractivity contribution in [3.8, 4) is 55.6 Å². The largest absolute Gasteiger partial charge is 0.456 e. The zero-order valence-corrected chi connectivity index (χ0v) is 54.4. The van der Waals surface area contributed by atoms with Crippen LogP contribution in [0, 0.1) is 0 Å². The number of rotatable bonds is 11. The Balaban J connectivity index is 0.733. The number of benzene rings is 18. The molecule has 0 spiro atoms. The van der Waals surface area contributed by atoms with Crippen LogP contribution in [0.1, 0.15) is 0 Å². The normalized spacial score (nSPS) is 11.8. The molecule has 0 unspecified atom stereocenters. The third kappa shape index (κ3) is 9.52. The van der Waals surface area contributed by atoms with Crippen molar-refractivity contribution in [3.63, 3.8) is 0 Å². The molecule has 0 radical (unpaired) electrons. The predicted molar refractivity (Wildman–Crippen MR) is 423 cm³/mol. The van der Waals surface area contributed by atoms with Crippen molar-refractivity contribution in [2.45, 2.75) is 0 Å². The minimum atomic E-state index is 0.822. The minimum absolute atomic E-state index is 0.822. The van der Waals surface area contributed by atoms with Crippen LogP contribution >= 0.6 is 0 Å². The lowest BCUT2D eigenvalue weighted by Gasteiger charge is -2.29. The van der Waals surface area contributed by atoms with Gasteiger partial charge in [-0.3, -0.25) is 0 Å². The molecule has 0 aliphatic carbocycles. The van der Waals surface area contributed by atoms with Gasteiger partial charge in [0.2, 0.25) is 0 Å². The Kier molecular flexibility index (Phi) is 13.2. The van der Waals surface area contributed by atoms with Crippen LogP contribution in [-0.4, -0.2) is 0 Å². The first-order valence-corrected chi connectivity index (χ1v) is 34.3. The van der Waals surface area contributed by atoms with Crippen LogP contribution < -0.4 is 9.80 Å². The molecule has 20 rings (SSSR count). The summed E-state index contributed by atoms with van der Waals surface area (Å²) in [5, 5.41) is 18.7. The molecule has 0 bridgehead atoms. The SMILES string of the molecule is c1cc(-c2ccc3ccccc3c2)cc(N(c2ccc3oc4cc(-c5ccc6c(c5)c(-c5ccccc5N(c5cccc(-c7ccc8ccccc8c7)c5)c5cccc7c5oc5ccccc57)cc5ccccc56)ccc4c3c2)c2ccccc2-c2cc3ccccc3c3ccccc23)c1. The van der Waals surface area contributed by atoms with Crippen LogP contribution in [-0.2, 0) is 0 Å². The number of anilines is 6. The fraction of sp³-hybridized carbons (Fsp3) is 0. The third-order valence-corrected chi connectivity index (χ3v) is 20.5. The monoisotopic (exact) mass is 1270 g/mol. The Bertz CT molecular complexity index is 6710. The Labute approximate surface area is 577 Å². The van der Waals surface area contributed by atoms with E-state index < -0.39 is 0 Å². The van der Waals surface area contributed by atoms with E-state index in [1.54, 1.807) is 0 Å². The highest BCUT2D eigenvalue weighted by Crippen LogP contribution is 2.51. The molecule has 0 aliphatic rings. The molecule has 0 amide bonds. The van der Waals surface area contributed by atoms with Gasteiger partial charge in [0, 0.05) is 49.7 Å². The molecular weight excluding hydrogens is 1210 g/mol. The minimum Gasteiger partial charge on any atom is -0.456 e. The van der Waals surface area contributed by atoms with E-state index in [-0.39, 0.29) is 0 Å². The fourth-order valence-electron chi connectivity index (χ4n) is 15.8. The Morgan fingerprint density at radius 2 is 0.600 bits per heavy atom. The second-order valence-electron chi connectivity index (χ2n) is 26.3. The van der Waals surface area contributed by atoms with E-state index in [1.165, 1.54) is 64.8 Å². The summed E-state index contributed by atoms with van der Waals surface area (Å²) in [5.41, 5.74) is 20.7. The Morgan fingerprint density at radius 1 is 0.170 bits per heavy atom. The predicted octanol–water partition coefficient (Wildman–Crippen LogP) is 27.7. The van der Waals surface area contributed by atoms with E-state index in [1.807, 2.05) is 6.07 Å². The maximum absolute atomic E-state index is 6.99. The summed E-state index contributed by atoms with van der Waals surface area (Å²) in [6, 6.07) is 133. The van der Waals surface area contributed by atoms with E-state index >= 15 is 0 Å². The molecule has 0 saturated heterocycles. The van der Waals surface area contributed by atoms with Crippen LogP contribution in [0.15, 0.2) is 373 Å². The number of hydrogen-bond donors (Lipinski definition) is 0.